The van der Waals surface area contributed by atoms with E-state index in [1.807, 2.05) is 19.1 Å². The van der Waals surface area contributed by atoms with Crippen molar-refractivity contribution in [3.63, 3.8) is 0 Å². The molecule has 0 atom stereocenters. The summed E-state index contributed by atoms with van der Waals surface area (Å²) in [6.07, 6.45) is 4.89. The number of hydrogen-bond acceptors (Lipinski definition) is 5. The van der Waals surface area contributed by atoms with Gasteiger partial charge in [-0.2, -0.15) is 4.31 Å². The van der Waals surface area contributed by atoms with Crippen LogP contribution in [0.1, 0.15) is 42.7 Å². The van der Waals surface area contributed by atoms with Crippen molar-refractivity contribution < 1.29 is 28.2 Å². The summed E-state index contributed by atoms with van der Waals surface area (Å²) in [5.41, 5.74) is 2.55. The van der Waals surface area contributed by atoms with E-state index in [9.17, 15) is 8.42 Å². The third-order valence-corrected chi connectivity index (χ3v) is 8.51. The lowest BCUT2D eigenvalue weighted by Crippen LogP contribution is -2.52. The SMILES string of the molecule is Cc1ccc(S(=O)(=O)N2CCN(C3CCC(c4ccccc4)CC3)CC2)cc1.O=C(O)C(=O)O. The summed E-state index contributed by atoms with van der Waals surface area (Å²) in [4.78, 5) is 21.1. The first-order valence-electron chi connectivity index (χ1n) is 11.5. The van der Waals surface area contributed by atoms with Crippen molar-refractivity contribution >= 4 is 22.0 Å². The van der Waals surface area contributed by atoms with Crippen LogP contribution in [0.5, 0.6) is 0 Å². The number of hydrogen-bond donors (Lipinski definition) is 2. The van der Waals surface area contributed by atoms with E-state index in [1.165, 1.54) is 31.2 Å². The Hall–Kier alpha value is -2.75. The van der Waals surface area contributed by atoms with Gasteiger partial charge in [-0.15, -0.1) is 0 Å². The number of aliphatic carboxylic acids is 2. The Labute approximate surface area is 200 Å². The van der Waals surface area contributed by atoms with Crippen LogP contribution >= 0.6 is 0 Å². The number of carboxylic acid groups (broad SMARTS) is 2. The molecule has 1 saturated carbocycles. The standard InChI is InChI=1S/C23H30N2O2S.C2H2O4/c1-19-7-13-23(14-8-19)28(26,27)25-17-15-24(16-18-25)22-11-9-21(10-12-22)20-5-3-2-4-6-20;3-1(4)2(5)6/h2-8,13-14,21-22H,9-12,15-18H2,1H3;(H,3,4)(H,5,6). The van der Waals surface area contributed by atoms with Crippen molar-refractivity contribution in [3.8, 4) is 0 Å². The fraction of sp³-hybridized carbons (Fsp3) is 0.440. The van der Waals surface area contributed by atoms with Crippen LogP contribution in [0.2, 0.25) is 0 Å². The number of nitrogens with zero attached hydrogens (tertiary/aromatic N) is 2. The quantitative estimate of drug-likeness (QED) is 0.635. The summed E-state index contributed by atoms with van der Waals surface area (Å²) in [5.74, 6) is -2.97. The maximum atomic E-state index is 12.9. The molecular formula is C25H32N2O6S. The van der Waals surface area contributed by atoms with Crippen LogP contribution < -0.4 is 0 Å². The molecule has 0 unspecified atom stereocenters. The number of aryl methyl sites for hydroxylation is 1. The van der Waals surface area contributed by atoms with E-state index in [2.05, 4.69) is 35.2 Å². The van der Waals surface area contributed by atoms with Gasteiger partial charge in [-0.1, -0.05) is 48.0 Å². The van der Waals surface area contributed by atoms with Gasteiger partial charge in [0.1, 0.15) is 0 Å². The second-order valence-corrected chi connectivity index (χ2v) is 10.7. The third kappa shape index (κ3) is 6.65. The zero-order chi connectivity index (χ0) is 24.7. The average molecular weight is 489 g/mol. The van der Waals surface area contributed by atoms with Crippen LogP contribution in [-0.4, -0.2) is 72.0 Å². The highest BCUT2D eigenvalue weighted by Crippen LogP contribution is 2.35. The number of piperazine rings is 1. The fourth-order valence-electron chi connectivity index (χ4n) is 4.67. The highest BCUT2D eigenvalue weighted by molar-refractivity contribution is 7.89. The minimum absolute atomic E-state index is 0.412. The summed E-state index contributed by atoms with van der Waals surface area (Å²) in [6.45, 7) is 4.84. The van der Waals surface area contributed by atoms with Crippen molar-refractivity contribution in [2.24, 2.45) is 0 Å². The van der Waals surface area contributed by atoms with E-state index in [0.29, 0.717) is 29.9 Å². The topological polar surface area (TPSA) is 115 Å². The number of sulfonamides is 1. The summed E-state index contributed by atoms with van der Waals surface area (Å²) < 4.78 is 27.4. The Bertz CT molecular complexity index is 1040. The Balaban J connectivity index is 0.000000481. The van der Waals surface area contributed by atoms with Crippen LogP contribution in [-0.2, 0) is 19.6 Å². The molecule has 184 valence electrons. The second kappa shape index (κ2) is 11.6. The highest BCUT2D eigenvalue weighted by Gasteiger charge is 2.32. The fourth-order valence-corrected chi connectivity index (χ4v) is 6.09. The summed E-state index contributed by atoms with van der Waals surface area (Å²) in [5, 5.41) is 14.8. The van der Waals surface area contributed by atoms with Gasteiger partial charge in [0.05, 0.1) is 4.90 Å². The van der Waals surface area contributed by atoms with E-state index >= 15 is 0 Å². The van der Waals surface area contributed by atoms with Gasteiger partial charge in [-0.05, 0) is 56.2 Å². The number of carboxylic acids is 2. The Morgan fingerprint density at radius 3 is 1.82 bits per heavy atom. The van der Waals surface area contributed by atoms with Gasteiger partial charge < -0.3 is 10.2 Å². The number of benzene rings is 2. The third-order valence-electron chi connectivity index (χ3n) is 6.60. The zero-order valence-corrected chi connectivity index (χ0v) is 20.2. The molecule has 1 aliphatic carbocycles. The Morgan fingerprint density at radius 1 is 0.794 bits per heavy atom. The maximum absolute atomic E-state index is 12.9. The maximum Gasteiger partial charge on any atom is 0.414 e. The summed E-state index contributed by atoms with van der Waals surface area (Å²) in [7, 11) is -3.37. The molecule has 8 nitrogen and oxygen atoms in total. The zero-order valence-electron chi connectivity index (χ0n) is 19.3. The highest BCUT2D eigenvalue weighted by atomic mass is 32.2. The Kier molecular flexibility index (Phi) is 8.82. The van der Waals surface area contributed by atoms with E-state index in [0.717, 1.165) is 18.7 Å². The predicted molar refractivity (Wildman–Crippen MR) is 128 cm³/mol. The minimum Gasteiger partial charge on any atom is -0.473 e. The molecule has 2 fully saturated rings. The van der Waals surface area contributed by atoms with Gasteiger partial charge in [-0.25, -0.2) is 18.0 Å². The molecule has 2 N–H and O–H groups in total. The molecule has 2 aromatic rings. The van der Waals surface area contributed by atoms with Gasteiger partial charge in [-0.3, -0.25) is 4.90 Å². The lowest BCUT2D eigenvalue weighted by Gasteiger charge is -2.41. The summed E-state index contributed by atoms with van der Waals surface area (Å²) >= 11 is 0. The number of rotatable bonds is 4. The van der Waals surface area contributed by atoms with Gasteiger partial charge in [0.15, 0.2) is 0 Å². The van der Waals surface area contributed by atoms with Gasteiger partial charge in [0.25, 0.3) is 0 Å². The van der Waals surface area contributed by atoms with E-state index < -0.39 is 22.0 Å². The predicted octanol–water partition coefficient (Wildman–Crippen LogP) is 3.18. The lowest BCUT2D eigenvalue weighted by atomic mass is 9.81. The molecule has 0 spiro atoms. The summed E-state index contributed by atoms with van der Waals surface area (Å²) in [6, 6.07) is 18.6. The van der Waals surface area contributed by atoms with Crippen LogP contribution in [0.3, 0.4) is 0 Å². The van der Waals surface area contributed by atoms with E-state index in [-0.39, 0.29) is 0 Å². The van der Waals surface area contributed by atoms with Crippen LogP contribution in [0, 0.1) is 6.92 Å². The smallest absolute Gasteiger partial charge is 0.414 e. The van der Waals surface area contributed by atoms with Crippen molar-refractivity contribution in [1.29, 1.82) is 0 Å². The van der Waals surface area contributed by atoms with Crippen LogP contribution in [0.15, 0.2) is 59.5 Å². The molecule has 4 rings (SSSR count). The van der Waals surface area contributed by atoms with E-state index in [1.54, 1.807) is 16.4 Å². The second-order valence-electron chi connectivity index (χ2n) is 8.78. The molecule has 1 aliphatic heterocycles. The van der Waals surface area contributed by atoms with Crippen molar-refractivity contribution in [2.75, 3.05) is 26.2 Å². The van der Waals surface area contributed by atoms with E-state index in [4.69, 9.17) is 19.8 Å². The molecule has 9 heteroatoms. The lowest BCUT2D eigenvalue weighted by molar-refractivity contribution is -0.159. The molecule has 0 aromatic heterocycles. The Morgan fingerprint density at radius 2 is 1.32 bits per heavy atom. The first kappa shape index (κ1) is 25.9. The largest absolute Gasteiger partial charge is 0.473 e. The molecule has 2 aromatic carbocycles. The molecule has 1 saturated heterocycles. The minimum atomic E-state index is -3.37. The first-order valence-corrected chi connectivity index (χ1v) is 12.9. The van der Waals surface area contributed by atoms with Crippen LogP contribution in [0.25, 0.3) is 0 Å². The van der Waals surface area contributed by atoms with Crippen molar-refractivity contribution in [2.45, 2.75) is 49.5 Å². The van der Waals surface area contributed by atoms with Crippen molar-refractivity contribution in [1.82, 2.24) is 9.21 Å². The van der Waals surface area contributed by atoms with Gasteiger partial charge >= 0.3 is 11.9 Å². The van der Waals surface area contributed by atoms with Gasteiger partial charge in [0.2, 0.25) is 10.0 Å². The molecule has 34 heavy (non-hydrogen) atoms. The normalized spacial score (nSPS) is 21.8. The van der Waals surface area contributed by atoms with Crippen LogP contribution in [0.4, 0.5) is 0 Å². The molecule has 2 aliphatic rings. The molecule has 0 radical (unpaired) electrons. The molecule has 0 bridgehead atoms. The average Bonchev–Trinajstić information content (AvgIpc) is 2.85. The monoisotopic (exact) mass is 488 g/mol. The number of carbonyl (C=O) groups is 2. The van der Waals surface area contributed by atoms with Crippen molar-refractivity contribution in [3.05, 3.63) is 65.7 Å². The van der Waals surface area contributed by atoms with Gasteiger partial charge in [0, 0.05) is 32.2 Å². The molecular weight excluding hydrogens is 456 g/mol. The molecule has 0 amide bonds. The first-order chi connectivity index (χ1) is 16.2. The molecule has 1 heterocycles.